The molecule has 1 aromatic carbocycles. The van der Waals surface area contributed by atoms with Gasteiger partial charge in [-0.05, 0) is 12.5 Å². The van der Waals surface area contributed by atoms with Crippen LogP contribution in [0, 0.1) is 17.6 Å². The van der Waals surface area contributed by atoms with Gasteiger partial charge in [0.1, 0.15) is 0 Å². The number of halogens is 2. The van der Waals surface area contributed by atoms with Crippen molar-refractivity contribution in [2.75, 3.05) is 18.1 Å². The molecule has 2 rings (SSSR count). The van der Waals surface area contributed by atoms with Gasteiger partial charge in [-0.15, -0.1) is 0 Å². The van der Waals surface area contributed by atoms with E-state index in [9.17, 15) is 26.8 Å². The van der Waals surface area contributed by atoms with Crippen molar-refractivity contribution in [3.8, 4) is 0 Å². The molecule has 1 amide bonds. The van der Waals surface area contributed by atoms with Crippen LogP contribution >= 0.6 is 0 Å². The Bertz CT molecular complexity index is 750. The largest absolute Gasteiger partial charge is 0.481 e. The fourth-order valence-electron chi connectivity index (χ4n) is 2.62. The minimum atomic E-state index is -3.29. The molecular formula is C15H17F2NO5S. The third-order valence-electron chi connectivity index (χ3n) is 3.88. The number of carboxylic acid groups (broad SMARTS) is 1. The lowest BCUT2D eigenvalue weighted by molar-refractivity contribution is -0.139. The number of carboxylic acids is 1. The molecule has 0 radical (unpaired) electrons. The van der Waals surface area contributed by atoms with Crippen LogP contribution in [0.5, 0.6) is 0 Å². The van der Waals surface area contributed by atoms with E-state index in [0.717, 1.165) is 11.0 Å². The lowest BCUT2D eigenvalue weighted by Gasteiger charge is -2.25. The molecule has 1 aliphatic rings. The summed E-state index contributed by atoms with van der Waals surface area (Å²) in [6, 6.07) is 3.52. The van der Waals surface area contributed by atoms with Gasteiger partial charge in [0.05, 0.1) is 23.8 Å². The molecule has 0 spiro atoms. The van der Waals surface area contributed by atoms with E-state index in [1.165, 1.54) is 12.1 Å². The summed E-state index contributed by atoms with van der Waals surface area (Å²) in [6.45, 7) is -0.521. The normalized spacial score (nSPS) is 19.2. The van der Waals surface area contributed by atoms with Gasteiger partial charge in [-0.2, -0.15) is 0 Å². The van der Waals surface area contributed by atoms with Crippen molar-refractivity contribution < 1.29 is 31.9 Å². The van der Waals surface area contributed by atoms with E-state index >= 15 is 0 Å². The molecule has 0 bridgehead atoms. The Labute approximate surface area is 138 Å². The number of benzene rings is 1. The summed E-state index contributed by atoms with van der Waals surface area (Å²) in [4.78, 5) is 24.3. The lowest BCUT2D eigenvalue weighted by atomic mass is 10.1. The predicted molar refractivity (Wildman–Crippen MR) is 80.8 cm³/mol. The average molecular weight is 361 g/mol. The summed E-state index contributed by atoms with van der Waals surface area (Å²) in [5.74, 6) is -5.06. The van der Waals surface area contributed by atoms with Crippen molar-refractivity contribution in [3.05, 3.63) is 35.4 Å². The summed E-state index contributed by atoms with van der Waals surface area (Å²) in [5, 5.41) is 8.79. The summed E-state index contributed by atoms with van der Waals surface area (Å²) < 4.78 is 50.1. The molecule has 0 aliphatic carbocycles. The maximum Gasteiger partial charge on any atom is 0.305 e. The van der Waals surface area contributed by atoms with E-state index in [4.69, 9.17) is 5.11 Å². The molecular weight excluding hydrogens is 344 g/mol. The Kier molecular flexibility index (Phi) is 5.53. The number of rotatable bonds is 6. The van der Waals surface area contributed by atoms with Gasteiger partial charge in [0, 0.05) is 18.7 Å². The van der Waals surface area contributed by atoms with Gasteiger partial charge < -0.3 is 10.0 Å². The Hall–Kier alpha value is -2.03. The average Bonchev–Trinajstić information content (AvgIpc) is 2.87. The van der Waals surface area contributed by atoms with Crippen LogP contribution in [0.3, 0.4) is 0 Å². The second-order valence-corrected chi connectivity index (χ2v) is 7.95. The third kappa shape index (κ3) is 4.50. The van der Waals surface area contributed by atoms with Crippen molar-refractivity contribution in [2.24, 2.45) is 5.92 Å². The first-order chi connectivity index (χ1) is 11.2. The minimum absolute atomic E-state index is 0.0883. The van der Waals surface area contributed by atoms with E-state index in [1.54, 1.807) is 0 Å². The van der Waals surface area contributed by atoms with Crippen LogP contribution in [-0.2, 0) is 26.0 Å². The van der Waals surface area contributed by atoms with Crippen molar-refractivity contribution in [1.29, 1.82) is 0 Å². The van der Waals surface area contributed by atoms with E-state index in [2.05, 4.69) is 0 Å². The maximum absolute atomic E-state index is 13.8. The summed E-state index contributed by atoms with van der Waals surface area (Å²) in [5.41, 5.74) is -0.0883. The number of sulfone groups is 1. The molecule has 1 N–H and O–H groups in total. The first-order valence-corrected chi connectivity index (χ1v) is 9.15. The quantitative estimate of drug-likeness (QED) is 0.822. The predicted octanol–water partition coefficient (Wildman–Crippen LogP) is 1.20. The van der Waals surface area contributed by atoms with Gasteiger partial charge in [-0.25, -0.2) is 17.2 Å². The van der Waals surface area contributed by atoms with Crippen LogP contribution in [0.2, 0.25) is 0 Å². The number of amides is 1. The molecule has 1 aliphatic heterocycles. The molecule has 9 heteroatoms. The van der Waals surface area contributed by atoms with Crippen LogP contribution in [0.25, 0.3) is 0 Å². The van der Waals surface area contributed by atoms with Crippen LogP contribution in [0.15, 0.2) is 18.2 Å². The smallest absolute Gasteiger partial charge is 0.305 e. The second kappa shape index (κ2) is 7.25. The Balaban J connectivity index is 2.19. The highest BCUT2D eigenvalue weighted by Gasteiger charge is 2.35. The van der Waals surface area contributed by atoms with Crippen molar-refractivity contribution in [3.63, 3.8) is 0 Å². The van der Waals surface area contributed by atoms with Gasteiger partial charge in [0.2, 0.25) is 5.91 Å². The molecule has 1 atom stereocenters. The Morgan fingerprint density at radius 2 is 2.00 bits per heavy atom. The molecule has 1 aromatic rings. The van der Waals surface area contributed by atoms with Crippen LogP contribution < -0.4 is 0 Å². The molecule has 1 fully saturated rings. The standard InChI is InChI=1S/C15H17F2NO5S/c16-12-3-1-2-10(14(12)17)8-18(6-4-13(19)20)15(21)11-5-7-24(22,23)9-11/h1-3,11H,4-9H2,(H,19,20). The number of nitrogens with zero attached hydrogens (tertiary/aromatic N) is 1. The number of carbonyl (C=O) groups excluding carboxylic acids is 1. The van der Waals surface area contributed by atoms with Crippen LogP contribution in [0.1, 0.15) is 18.4 Å². The third-order valence-corrected chi connectivity index (χ3v) is 5.65. The summed E-state index contributed by atoms with van der Waals surface area (Å²) in [6.07, 6.45) is -0.224. The Morgan fingerprint density at radius 3 is 2.58 bits per heavy atom. The molecule has 1 unspecified atom stereocenters. The second-order valence-electron chi connectivity index (χ2n) is 5.72. The molecule has 0 saturated carbocycles. The van der Waals surface area contributed by atoms with E-state index < -0.39 is 39.3 Å². The number of carbonyl (C=O) groups is 2. The van der Waals surface area contributed by atoms with E-state index in [1.807, 2.05) is 0 Å². The molecule has 0 aromatic heterocycles. The molecule has 132 valence electrons. The van der Waals surface area contributed by atoms with Crippen molar-refractivity contribution >= 4 is 21.7 Å². The topological polar surface area (TPSA) is 91.8 Å². The fraction of sp³-hybridized carbons (Fsp3) is 0.467. The Morgan fingerprint density at radius 1 is 1.29 bits per heavy atom. The van der Waals surface area contributed by atoms with E-state index in [0.29, 0.717) is 0 Å². The SMILES string of the molecule is O=C(O)CCN(Cc1cccc(F)c1F)C(=O)C1CCS(=O)(=O)C1. The molecule has 6 nitrogen and oxygen atoms in total. The monoisotopic (exact) mass is 361 g/mol. The summed E-state index contributed by atoms with van der Waals surface area (Å²) >= 11 is 0. The molecule has 24 heavy (non-hydrogen) atoms. The van der Waals surface area contributed by atoms with Crippen LogP contribution in [-0.4, -0.2) is 48.4 Å². The zero-order valence-corrected chi connectivity index (χ0v) is 13.6. The van der Waals surface area contributed by atoms with Crippen molar-refractivity contribution in [2.45, 2.75) is 19.4 Å². The lowest BCUT2D eigenvalue weighted by Crippen LogP contribution is -2.38. The minimum Gasteiger partial charge on any atom is -0.481 e. The molecule has 1 saturated heterocycles. The number of hydrogen-bond acceptors (Lipinski definition) is 4. The first kappa shape index (κ1) is 18.3. The highest BCUT2D eigenvalue weighted by atomic mass is 32.2. The number of hydrogen-bond donors (Lipinski definition) is 1. The zero-order valence-electron chi connectivity index (χ0n) is 12.7. The van der Waals surface area contributed by atoms with Gasteiger partial charge in [0.15, 0.2) is 21.5 Å². The highest BCUT2D eigenvalue weighted by Crippen LogP contribution is 2.23. The van der Waals surface area contributed by atoms with Gasteiger partial charge in [-0.1, -0.05) is 12.1 Å². The van der Waals surface area contributed by atoms with Crippen molar-refractivity contribution in [1.82, 2.24) is 4.90 Å². The van der Waals surface area contributed by atoms with Gasteiger partial charge in [-0.3, -0.25) is 9.59 Å². The summed E-state index contributed by atoms with van der Waals surface area (Å²) in [7, 11) is -3.29. The zero-order chi connectivity index (χ0) is 17.9. The first-order valence-electron chi connectivity index (χ1n) is 7.33. The fourth-order valence-corrected chi connectivity index (χ4v) is 4.35. The van der Waals surface area contributed by atoms with Crippen LogP contribution in [0.4, 0.5) is 8.78 Å². The van der Waals surface area contributed by atoms with Gasteiger partial charge in [0.25, 0.3) is 0 Å². The molecule has 1 heterocycles. The van der Waals surface area contributed by atoms with E-state index in [-0.39, 0.29) is 43.0 Å². The highest BCUT2D eigenvalue weighted by molar-refractivity contribution is 7.91. The number of aliphatic carboxylic acids is 1. The van der Waals surface area contributed by atoms with Gasteiger partial charge >= 0.3 is 5.97 Å². The maximum atomic E-state index is 13.8.